The second-order valence-electron chi connectivity index (χ2n) is 6.59. The van der Waals surface area contributed by atoms with Crippen molar-refractivity contribution in [2.75, 3.05) is 12.4 Å². The number of carboxylic acid groups (broad SMARTS) is 1. The normalized spacial score (nSPS) is 11.0. The van der Waals surface area contributed by atoms with Gasteiger partial charge in [0.25, 0.3) is 5.91 Å². The molecular formula is C21H15ClFN3O4S. The molecule has 0 fully saturated rings. The lowest BCUT2D eigenvalue weighted by Crippen LogP contribution is -2.13. The molecular weight excluding hydrogens is 445 g/mol. The van der Waals surface area contributed by atoms with Gasteiger partial charge in [-0.15, -0.1) is 0 Å². The number of imidazole rings is 1. The number of carbonyl (C=O) groups is 2. The quantitative estimate of drug-likeness (QED) is 0.432. The number of fused-ring (bicyclic) bond motifs is 1. The van der Waals surface area contributed by atoms with E-state index in [0.717, 1.165) is 5.56 Å². The molecule has 0 aliphatic carbocycles. The van der Waals surface area contributed by atoms with E-state index < -0.39 is 11.9 Å². The van der Waals surface area contributed by atoms with Crippen molar-refractivity contribution in [3.63, 3.8) is 0 Å². The first-order valence-corrected chi connectivity index (χ1v) is 10.1. The molecule has 0 aliphatic rings. The number of anilines is 1. The highest BCUT2D eigenvalue weighted by Gasteiger charge is 2.21. The Morgan fingerprint density at radius 3 is 2.58 bits per heavy atom. The summed E-state index contributed by atoms with van der Waals surface area (Å²) in [6.07, 6.45) is 1.78. The number of carboxylic acids is 1. The van der Waals surface area contributed by atoms with Gasteiger partial charge in [0.2, 0.25) is 0 Å². The number of carbonyl (C=O) groups excluding carboxylic acids is 1. The molecule has 0 spiro atoms. The molecule has 2 aromatic carbocycles. The van der Waals surface area contributed by atoms with Gasteiger partial charge >= 0.3 is 5.97 Å². The van der Waals surface area contributed by atoms with E-state index in [1.807, 2.05) is 0 Å². The molecule has 0 saturated carbocycles. The second kappa shape index (κ2) is 8.01. The molecule has 2 heterocycles. The van der Waals surface area contributed by atoms with Crippen molar-refractivity contribution in [3.8, 4) is 17.0 Å². The molecule has 0 atom stereocenters. The van der Waals surface area contributed by atoms with Crippen LogP contribution in [0.3, 0.4) is 0 Å². The number of hydrogen-bond donors (Lipinski definition) is 2. The minimum Gasteiger partial charge on any atom is -0.496 e. The van der Waals surface area contributed by atoms with Crippen LogP contribution in [0.25, 0.3) is 16.2 Å². The van der Waals surface area contributed by atoms with Crippen LogP contribution in [0, 0.1) is 12.7 Å². The maximum absolute atomic E-state index is 13.2. The molecule has 4 aromatic rings. The van der Waals surface area contributed by atoms with Crippen LogP contribution in [0.4, 0.5) is 10.1 Å². The molecule has 0 unspecified atom stereocenters. The molecule has 2 aromatic heterocycles. The highest BCUT2D eigenvalue weighted by Crippen LogP contribution is 2.33. The average Bonchev–Trinajstić information content (AvgIpc) is 3.29. The number of aromatic nitrogens is 2. The van der Waals surface area contributed by atoms with Crippen molar-refractivity contribution in [2.45, 2.75) is 6.92 Å². The van der Waals surface area contributed by atoms with Gasteiger partial charge in [-0.3, -0.25) is 9.20 Å². The topological polar surface area (TPSA) is 92.9 Å². The molecule has 0 aliphatic heterocycles. The van der Waals surface area contributed by atoms with E-state index in [1.54, 1.807) is 29.7 Å². The van der Waals surface area contributed by atoms with E-state index in [9.17, 15) is 19.1 Å². The number of methoxy groups -OCH3 is 1. The molecule has 2 N–H and O–H groups in total. The van der Waals surface area contributed by atoms with Crippen LogP contribution in [0.15, 0.2) is 42.6 Å². The van der Waals surface area contributed by atoms with Crippen LogP contribution < -0.4 is 10.1 Å². The largest absolute Gasteiger partial charge is 0.496 e. The van der Waals surface area contributed by atoms with E-state index in [2.05, 4.69) is 10.3 Å². The van der Waals surface area contributed by atoms with Crippen LogP contribution in [-0.2, 0) is 0 Å². The fourth-order valence-corrected chi connectivity index (χ4v) is 4.30. The van der Waals surface area contributed by atoms with Crippen molar-refractivity contribution in [1.29, 1.82) is 0 Å². The minimum absolute atomic E-state index is 0.0733. The van der Waals surface area contributed by atoms with Crippen molar-refractivity contribution < 1.29 is 23.8 Å². The zero-order valence-electron chi connectivity index (χ0n) is 16.3. The van der Waals surface area contributed by atoms with Crippen molar-refractivity contribution in [2.24, 2.45) is 0 Å². The maximum atomic E-state index is 13.2. The van der Waals surface area contributed by atoms with Gasteiger partial charge in [-0.05, 0) is 37.3 Å². The third-order valence-electron chi connectivity index (χ3n) is 4.67. The molecule has 1 amide bonds. The summed E-state index contributed by atoms with van der Waals surface area (Å²) in [7, 11) is 1.33. The Labute approximate surface area is 184 Å². The summed E-state index contributed by atoms with van der Waals surface area (Å²) in [5.41, 5.74) is 2.22. The van der Waals surface area contributed by atoms with Crippen molar-refractivity contribution in [3.05, 3.63) is 69.6 Å². The number of rotatable bonds is 5. The average molecular weight is 460 g/mol. The van der Waals surface area contributed by atoms with Crippen LogP contribution in [0.1, 0.15) is 25.7 Å². The lowest BCUT2D eigenvalue weighted by molar-refractivity contribution is 0.0693. The monoisotopic (exact) mass is 459 g/mol. The summed E-state index contributed by atoms with van der Waals surface area (Å²) >= 11 is 7.35. The van der Waals surface area contributed by atoms with Crippen LogP contribution in [0.5, 0.6) is 5.75 Å². The Hall–Kier alpha value is -3.43. The number of hydrogen-bond acceptors (Lipinski definition) is 5. The summed E-state index contributed by atoms with van der Waals surface area (Å²) in [5, 5.41) is 12.0. The van der Waals surface area contributed by atoms with Gasteiger partial charge < -0.3 is 15.2 Å². The first-order chi connectivity index (χ1) is 14.8. The number of nitrogens with one attached hydrogen (secondary N) is 1. The zero-order chi connectivity index (χ0) is 22.3. The lowest BCUT2D eigenvalue weighted by atomic mass is 10.1. The third-order valence-corrected chi connectivity index (χ3v) is 6.14. The third kappa shape index (κ3) is 3.85. The first kappa shape index (κ1) is 20.8. The zero-order valence-corrected chi connectivity index (χ0v) is 17.8. The van der Waals surface area contributed by atoms with Gasteiger partial charge in [0, 0.05) is 23.5 Å². The predicted octanol–water partition coefficient (Wildman–Crippen LogP) is 5.12. The summed E-state index contributed by atoms with van der Waals surface area (Å²) in [6, 6.07) is 8.60. The number of aromatic carboxylic acids is 1. The number of halogens is 2. The number of ether oxygens (including phenoxy) is 1. The number of amides is 1. The number of aryl methyl sites for hydroxylation is 1. The molecule has 7 nitrogen and oxygen atoms in total. The smallest absolute Gasteiger partial charge is 0.339 e. The highest BCUT2D eigenvalue weighted by atomic mass is 35.5. The minimum atomic E-state index is -1.19. The Morgan fingerprint density at radius 2 is 1.97 bits per heavy atom. The van der Waals surface area contributed by atoms with Gasteiger partial charge in [-0.25, -0.2) is 14.2 Å². The van der Waals surface area contributed by atoms with E-state index in [-0.39, 0.29) is 27.8 Å². The van der Waals surface area contributed by atoms with E-state index in [0.29, 0.717) is 21.2 Å². The Kier molecular flexibility index (Phi) is 5.38. The Balaban J connectivity index is 1.64. The van der Waals surface area contributed by atoms with Crippen molar-refractivity contribution >= 4 is 45.5 Å². The van der Waals surface area contributed by atoms with Gasteiger partial charge in [0.15, 0.2) is 4.96 Å². The fraction of sp³-hybridized carbons (Fsp3) is 0.0952. The maximum Gasteiger partial charge on any atom is 0.339 e. The Morgan fingerprint density at radius 1 is 1.26 bits per heavy atom. The fourth-order valence-electron chi connectivity index (χ4n) is 3.08. The summed E-state index contributed by atoms with van der Waals surface area (Å²) in [4.78, 5) is 29.7. The molecule has 10 heteroatoms. The van der Waals surface area contributed by atoms with Crippen LogP contribution in [0.2, 0.25) is 5.02 Å². The standard InChI is InChI=1S/C21H15ClFN3O4S/c1-10-18(19(27)24-15-8-17(30-2)13(20(28)29)7-14(15)22)31-21-25-16(9-26(10)21)11-3-5-12(23)6-4-11/h3-9H,1-2H3,(H,24,27)(H,28,29). The van der Waals surface area contributed by atoms with Crippen LogP contribution >= 0.6 is 22.9 Å². The second-order valence-corrected chi connectivity index (χ2v) is 7.98. The highest BCUT2D eigenvalue weighted by molar-refractivity contribution is 7.19. The summed E-state index contributed by atoms with van der Waals surface area (Å²) in [5.74, 6) is -1.85. The molecule has 158 valence electrons. The van der Waals surface area contributed by atoms with E-state index in [1.165, 1.54) is 42.7 Å². The summed E-state index contributed by atoms with van der Waals surface area (Å²) < 4.78 is 20.0. The van der Waals surface area contributed by atoms with Gasteiger partial charge in [0.1, 0.15) is 22.0 Å². The molecule has 31 heavy (non-hydrogen) atoms. The lowest BCUT2D eigenvalue weighted by Gasteiger charge is -2.11. The predicted molar refractivity (Wildman–Crippen MR) is 116 cm³/mol. The first-order valence-electron chi connectivity index (χ1n) is 8.95. The van der Waals surface area contributed by atoms with Crippen molar-refractivity contribution in [1.82, 2.24) is 9.38 Å². The van der Waals surface area contributed by atoms with E-state index in [4.69, 9.17) is 16.3 Å². The number of thiazole rings is 1. The summed E-state index contributed by atoms with van der Waals surface area (Å²) in [6.45, 7) is 1.78. The molecule has 0 bridgehead atoms. The van der Waals surface area contributed by atoms with Gasteiger partial charge in [0.05, 0.1) is 23.5 Å². The SMILES string of the molecule is COc1cc(NC(=O)c2sc3nc(-c4ccc(F)cc4)cn3c2C)c(Cl)cc1C(=O)O. The molecule has 0 saturated heterocycles. The number of benzene rings is 2. The number of nitrogens with zero attached hydrogens (tertiary/aromatic N) is 2. The molecule has 0 radical (unpaired) electrons. The van der Waals surface area contributed by atoms with Crippen LogP contribution in [-0.4, -0.2) is 33.5 Å². The molecule has 4 rings (SSSR count). The van der Waals surface area contributed by atoms with Gasteiger partial charge in [-0.2, -0.15) is 0 Å². The van der Waals surface area contributed by atoms with E-state index >= 15 is 0 Å². The van der Waals surface area contributed by atoms with Gasteiger partial charge in [-0.1, -0.05) is 22.9 Å². The Bertz CT molecular complexity index is 1330.